The van der Waals surface area contributed by atoms with Crippen LogP contribution >= 0.6 is 24.8 Å². The van der Waals surface area contributed by atoms with E-state index in [9.17, 15) is 7.92 Å². The maximum absolute atomic E-state index is 14.9. The number of rotatable bonds is 4. The first-order chi connectivity index (χ1) is 11.1. The fourth-order valence-corrected chi connectivity index (χ4v) is 26.6. The summed E-state index contributed by atoms with van der Waals surface area (Å²) in [7, 11) is 0. The van der Waals surface area contributed by atoms with Gasteiger partial charge in [0.15, 0.2) is 0 Å². The normalized spacial score (nSPS) is 16.6. The van der Waals surface area contributed by atoms with Crippen molar-refractivity contribution in [2.45, 2.75) is 34.7 Å². The monoisotopic (exact) mass is 506 g/mol. The molecule has 0 heterocycles. The molecule has 7 heteroatoms. The van der Waals surface area contributed by atoms with Crippen molar-refractivity contribution in [3.63, 3.8) is 0 Å². The Bertz CT molecular complexity index is 1010. The van der Waals surface area contributed by atoms with Gasteiger partial charge in [0.05, 0.1) is 0 Å². The van der Waals surface area contributed by atoms with Crippen LogP contribution in [0.4, 0.5) is 0 Å². The van der Waals surface area contributed by atoms with Gasteiger partial charge in [-0.3, -0.25) is 0 Å². The van der Waals surface area contributed by atoms with E-state index in [-0.39, 0.29) is 37.3 Å². The molecule has 1 aliphatic carbocycles. The molecule has 0 bridgehead atoms. The second-order valence-corrected chi connectivity index (χ2v) is 67.0. The van der Waals surface area contributed by atoms with E-state index >= 15 is 0 Å². The van der Waals surface area contributed by atoms with Gasteiger partial charge in [-0.05, 0) is 0 Å². The predicted octanol–water partition coefficient (Wildman–Crippen LogP) is 3.85. The smallest absolute Gasteiger partial charge is 0.147 e. The molecule has 0 spiro atoms. The fourth-order valence-electron chi connectivity index (χ4n) is 4.37. The molecule has 0 radical (unpaired) electrons. The number of aliphatic hydroxyl groups excluding tert-OH is 1. The van der Waals surface area contributed by atoms with Gasteiger partial charge in [-0.1, -0.05) is 0 Å². The zero-order chi connectivity index (χ0) is 17.8. The third-order valence-electron chi connectivity index (χ3n) is 7.00. The van der Waals surface area contributed by atoms with Crippen LogP contribution in [-0.4, -0.2) is 24.5 Å². The summed E-state index contributed by atoms with van der Waals surface area (Å²) in [5.41, 5.74) is 5.11. The molecular weight excluding hydrogens is 479 g/mol. The SMILES string of the molecule is CC1c2ccccc2-c2ccc[c]([Zr]([CH3])(=[O])(=[SiH2])([CH2]CO)[SiH](C)C)c21.Cl.Cl. The minimum Gasteiger partial charge on any atom is -0.147 e. The van der Waals surface area contributed by atoms with Gasteiger partial charge >= 0.3 is 145 Å². The quantitative estimate of drug-likeness (QED) is 0.637. The molecule has 0 aromatic heterocycles. The Morgan fingerprint density at radius 1 is 1.08 bits per heavy atom. The van der Waals surface area contributed by atoms with Crippen LogP contribution in [0.5, 0.6) is 0 Å². The first-order valence-electron chi connectivity index (χ1n) is 8.90. The van der Waals surface area contributed by atoms with Crippen LogP contribution in [0.1, 0.15) is 24.0 Å². The van der Waals surface area contributed by atoms with Crippen LogP contribution in [0.3, 0.4) is 0 Å². The van der Waals surface area contributed by atoms with Gasteiger partial charge in [0.2, 0.25) is 0 Å². The molecule has 144 valence electrons. The number of hydrogen-bond donors (Lipinski definition) is 1. The summed E-state index contributed by atoms with van der Waals surface area (Å²) in [6, 6.07) is 14.9. The van der Waals surface area contributed by atoms with E-state index in [0.717, 1.165) is 3.27 Å². The molecule has 0 saturated heterocycles. The summed E-state index contributed by atoms with van der Waals surface area (Å²) < 4.78 is 18.6. The Kier molecular flexibility index (Phi) is 6.65. The third kappa shape index (κ3) is 3.23. The Balaban J connectivity index is 0.00000169. The molecule has 26 heavy (non-hydrogen) atoms. The van der Waals surface area contributed by atoms with Crippen LogP contribution in [0.25, 0.3) is 11.1 Å². The van der Waals surface area contributed by atoms with Gasteiger partial charge in [-0.25, -0.2) is 0 Å². The number of halogens is 2. The van der Waals surface area contributed by atoms with Gasteiger partial charge in [0.25, 0.3) is 0 Å². The summed E-state index contributed by atoms with van der Waals surface area (Å²) >= 11 is -4.93. The minimum absolute atomic E-state index is 0. The largest absolute Gasteiger partial charge is 0.147 e. The molecule has 1 atom stereocenters. The van der Waals surface area contributed by atoms with E-state index in [0.29, 0.717) is 4.13 Å². The van der Waals surface area contributed by atoms with Crippen molar-refractivity contribution < 1.29 is 23.0 Å². The van der Waals surface area contributed by atoms with Crippen molar-refractivity contribution >= 4 is 40.9 Å². The van der Waals surface area contributed by atoms with Gasteiger partial charge in [0, 0.05) is 0 Å². The fraction of sp³-hybridized carbons (Fsp3) is 0.368. The molecule has 1 aliphatic rings. The Morgan fingerprint density at radius 2 is 1.65 bits per heavy atom. The van der Waals surface area contributed by atoms with Crippen LogP contribution in [-0.2, 0) is 17.9 Å². The van der Waals surface area contributed by atoms with Crippen molar-refractivity contribution in [2.75, 3.05) is 6.61 Å². The zero-order valence-electron chi connectivity index (χ0n) is 16.0. The summed E-state index contributed by atoms with van der Waals surface area (Å²) in [4.78, 5) is 0. The standard InChI is InChI=1S/C14H11.C2H5O.C2H7Si.CH3.2ClH.O.H2Si.Zr/c1-10-11-6-2-4-8-13(11)14-9-5-3-7-12(10)14;1-2-3;1-3-2;;;;;;/h2-6,8-10H,1H3;3H,1-2H2;3H,1-2H3;1H3;2*1H;;1H2;. The first kappa shape index (κ1) is 24.1. The second kappa shape index (κ2) is 7.17. The summed E-state index contributed by atoms with van der Waals surface area (Å²) in [6.45, 7) is 8.44. The molecule has 0 amide bonds. The number of benzene rings is 2. The number of fused-ring (bicyclic) bond motifs is 3. The number of hydrogen-bond acceptors (Lipinski definition) is 2. The maximum atomic E-state index is 14.9. The van der Waals surface area contributed by atoms with Gasteiger partial charge in [0.1, 0.15) is 0 Å². The Hall–Kier alpha value is 0.0969. The van der Waals surface area contributed by atoms with E-state index in [1.807, 2.05) is 0 Å². The molecule has 3 rings (SSSR count). The van der Waals surface area contributed by atoms with Crippen molar-refractivity contribution in [3.8, 4) is 11.1 Å². The van der Waals surface area contributed by atoms with E-state index < -0.39 is 21.0 Å². The van der Waals surface area contributed by atoms with Crippen LogP contribution in [0.15, 0.2) is 42.5 Å². The topological polar surface area (TPSA) is 37.3 Å². The molecular formula is C19H30Cl2O2Si2Zr. The summed E-state index contributed by atoms with van der Waals surface area (Å²) in [5.74, 6) is -1.27. The number of aliphatic hydroxyl groups is 1. The van der Waals surface area contributed by atoms with Gasteiger partial charge < -0.3 is 0 Å². The average molecular weight is 509 g/mol. The summed E-state index contributed by atoms with van der Waals surface area (Å²) in [6.07, 6.45) is 0. The van der Waals surface area contributed by atoms with Gasteiger partial charge in [-0.2, -0.15) is 0 Å². The van der Waals surface area contributed by atoms with E-state index in [4.69, 9.17) is 0 Å². The minimum atomic E-state index is -4.93. The first-order valence-corrected chi connectivity index (χ1v) is 28.4. The third-order valence-corrected chi connectivity index (χ3v) is 71.6. The van der Waals surface area contributed by atoms with E-state index in [1.165, 1.54) is 22.3 Å². The van der Waals surface area contributed by atoms with E-state index in [2.05, 4.69) is 67.1 Å². The molecule has 0 aliphatic heterocycles. The Morgan fingerprint density at radius 3 is 2.23 bits per heavy atom. The molecule has 1 unspecified atom stereocenters. The van der Waals surface area contributed by atoms with Crippen molar-refractivity contribution in [3.05, 3.63) is 53.6 Å². The predicted molar refractivity (Wildman–Crippen MR) is 119 cm³/mol. The maximum Gasteiger partial charge on any atom is -0.147 e. The molecule has 2 nitrogen and oxygen atoms in total. The average Bonchev–Trinajstić information content (AvgIpc) is 2.81. The van der Waals surface area contributed by atoms with Crippen molar-refractivity contribution in [1.29, 1.82) is 0 Å². The molecule has 0 saturated carbocycles. The molecule has 0 fully saturated rings. The summed E-state index contributed by atoms with van der Waals surface area (Å²) in [5, 5.41) is 9.81. The van der Waals surface area contributed by atoms with Crippen LogP contribution in [0, 0.1) is 0 Å². The van der Waals surface area contributed by atoms with Crippen LogP contribution < -0.4 is 3.27 Å². The Labute approximate surface area is 168 Å². The van der Waals surface area contributed by atoms with Crippen molar-refractivity contribution in [1.82, 2.24) is 0 Å². The van der Waals surface area contributed by atoms with Crippen molar-refractivity contribution in [2.24, 2.45) is 0 Å². The van der Waals surface area contributed by atoms with E-state index in [1.54, 1.807) is 6.88 Å². The molecule has 2 aromatic carbocycles. The molecule has 1 N–H and O–H groups in total. The molecule has 2 aromatic rings. The van der Waals surface area contributed by atoms with Crippen LogP contribution in [0.2, 0.25) is 21.9 Å². The second-order valence-electron chi connectivity index (χ2n) is 8.82. The zero-order valence-corrected chi connectivity index (χ0v) is 22.6. The van der Waals surface area contributed by atoms with Gasteiger partial charge in [-0.15, -0.1) is 24.8 Å².